The van der Waals surface area contributed by atoms with Crippen LogP contribution in [0.25, 0.3) is 0 Å². The number of thioether (sulfide) groups is 1. The smallest absolute Gasteiger partial charge is 0.227 e. The first kappa shape index (κ1) is 15.7. The van der Waals surface area contributed by atoms with E-state index in [1.165, 1.54) is 11.8 Å². The first-order chi connectivity index (χ1) is 10.1. The summed E-state index contributed by atoms with van der Waals surface area (Å²) < 4.78 is 0.665. The van der Waals surface area contributed by atoms with Crippen LogP contribution in [-0.4, -0.2) is 16.8 Å². The molecule has 1 amide bonds. The molecule has 0 heterocycles. The Kier molecular flexibility index (Phi) is 5.52. The highest BCUT2D eigenvalue weighted by Gasteiger charge is 2.05. The van der Waals surface area contributed by atoms with Crippen LogP contribution in [-0.2, 0) is 11.3 Å². The Balaban J connectivity index is 2.05. The second kappa shape index (κ2) is 7.38. The summed E-state index contributed by atoms with van der Waals surface area (Å²) >= 11 is 4.70. The molecule has 0 bridgehead atoms. The van der Waals surface area contributed by atoms with Crippen LogP contribution in [0.2, 0.25) is 0 Å². The lowest BCUT2D eigenvalue weighted by molar-refractivity contribution is -0.115. The van der Waals surface area contributed by atoms with Crippen molar-refractivity contribution in [1.29, 1.82) is 0 Å². The molecule has 0 radical (unpaired) electrons. The van der Waals surface area contributed by atoms with Gasteiger partial charge >= 0.3 is 0 Å². The van der Waals surface area contributed by atoms with Gasteiger partial charge in [-0.3, -0.25) is 4.79 Å². The van der Waals surface area contributed by atoms with Crippen LogP contribution in [0.5, 0.6) is 5.75 Å². The largest absolute Gasteiger partial charge is 0.507 e. The van der Waals surface area contributed by atoms with Gasteiger partial charge in [0.1, 0.15) is 5.75 Å². The van der Waals surface area contributed by atoms with E-state index < -0.39 is 0 Å². The Morgan fingerprint density at radius 2 is 2.05 bits per heavy atom. The maximum absolute atomic E-state index is 10.9. The van der Waals surface area contributed by atoms with Gasteiger partial charge in [-0.25, -0.2) is 0 Å². The van der Waals surface area contributed by atoms with Crippen molar-refractivity contribution in [3.63, 3.8) is 0 Å². The Labute approximate surface area is 135 Å². The van der Waals surface area contributed by atoms with E-state index in [-0.39, 0.29) is 17.4 Å². The molecular weight excluding hydrogens is 352 g/mol. The Bertz CT molecular complexity index is 649. The van der Waals surface area contributed by atoms with Crippen molar-refractivity contribution < 1.29 is 9.90 Å². The van der Waals surface area contributed by atoms with Gasteiger partial charge in [0.25, 0.3) is 0 Å². The van der Waals surface area contributed by atoms with Crippen molar-refractivity contribution in [2.24, 2.45) is 5.73 Å². The number of nitrogens with one attached hydrogen (secondary N) is 1. The summed E-state index contributed by atoms with van der Waals surface area (Å²) in [4.78, 5) is 11.9. The first-order valence-corrected chi connectivity index (χ1v) is 8.05. The number of hydrogen-bond acceptors (Lipinski definition) is 4. The predicted molar refractivity (Wildman–Crippen MR) is 89.5 cm³/mol. The van der Waals surface area contributed by atoms with Crippen molar-refractivity contribution >= 4 is 39.3 Å². The zero-order valence-electron chi connectivity index (χ0n) is 11.2. The van der Waals surface area contributed by atoms with Gasteiger partial charge in [-0.2, -0.15) is 0 Å². The standard InChI is InChI=1S/C15H15BrN2O2S/c16-11-7-10(5-6-13(11)19)8-18-12-3-1-2-4-14(12)21-9-15(17)20/h1-7,18-19H,8-9H2,(H2,17,20). The minimum Gasteiger partial charge on any atom is -0.507 e. The van der Waals surface area contributed by atoms with Crippen LogP contribution < -0.4 is 11.1 Å². The van der Waals surface area contributed by atoms with Gasteiger partial charge in [-0.15, -0.1) is 11.8 Å². The van der Waals surface area contributed by atoms with Gasteiger partial charge in [0.15, 0.2) is 0 Å². The molecule has 0 unspecified atom stereocenters. The summed E-state index contributed by atoms with van der Waals surface area (Å²) in [6.45, 7) is 0.618. The molecule has 4 nitrogen and oxygen atoms in total. The van der Waals surface area contributed by atoms with Crippen LogP contribution in [0.1, 0.15) is 5.56 Å². The Hall–Kier alpha value is -1.66. The van der Waals surface area contributed by atoms with Crippen molar-refractivity contribution in [1.82, 2.24) is 0 Å². The molecule has 0 aliphatic rings. The number of carbonyl (C=O) groups is 1. The molecule has 0 saturated heterocycles. The second-order valence-electron chi connectivity index (χ2n) is 4.39. The van der Waals surface area contributed by atoms with Crippen LogP contribution in [0.4, 0.5) is 5.69 Å². The fraction of sp³-hybridized carbons (Fsp3) is 0.133. The maximum Gasteiger partial charge on any atom is 0.227 e. The molecule has 0 aliphatic heterocycles. The molecule has 0 aliphatic carbocycles. The first-order valence-electron chi connectivity index (χ1n) is 6.27. The van der Waals surface area contributed by atoms with E-state index in [9.17, 15) is 9.90 Å². The summed E-state index contributed by atoms with van der Waals surface area (Å²) in [5, 5.41) is 12.8. The zero-order chi connectivity index (χ0) is 15.2. The van der Waals surface area contributed by atoms with Gasteiger partial charge in [0.2, 0.25) is 5.91 Å². The number of nitrogens with two attached hydrogens (primary N) is 1. The number of aromatic hydroxyl groups is 1. The molecule has 2 aromatic carbocycles. The Morgan fingerprint density at radius 3 is 2.76 bits per heavy atom. The molecular formula is C15H15BrN2O2S. The molecule has 4 N–H and O–H groups in total. The van der Waals surface area contributed by atoms with E-state index in [4.69, 9.17) is 5.73 Å². The summed E-state index contributed by atoms with van der Waals surface area (Å²) in [6, 6.07) is 13.1. The highest BCUT2D eigenvalue weighted by atomic mass is 79.9. The van der Waals surface area contributed by atoms with Crippen LogP contribution in [0.15, 0.2) is 51.8 Å². The number of rotatable bonds is 6. The van der Waals surface area contributed by atoms with Gasteiger partial charge in [0, 0.05) is 17.1 Å². The molecule has 0 aromatic heterocycles. The SMILES string of the molecule is NC(=O)CSc1ccccc1NCc1ccc(O)c(Br)c1. The molecule has 0 saturated carbocycles. The molecule has 110 valence electrons. The van der Waals surface area contributed by atoms with E-state index >= 15 is 0 Å². The average molecular weight is 367 g/mol. The molecule has 6 heteroatoms. The third-order valence-electron chi connectivity index (χ3n) is 2.75. The third-order valence-corrected chi connectivity index (χ3v) is 4.48. The minimum absolute atomic E-state index is 0.219. The van der Waals surface area contributed by atoms with Gasteiger partial charge in [0.05, 0.1) is 10.2 Å². The second-order valence-corrected chi connectivity index (χ2v) is 6.26. The Morgan fingerprint density at radius 1 is 1.29 bits per heavy atom. The number of carbonyl (C=O) groups excluding carboxylic acids is 1. The number of phenolic OH excluding ortho intramolecular Hbond substituents is 1. The third kappa shape index (κ3) is 4.68. The van der Waals surface area contributed by atoms with Crippen LogP contribution in [0, 0.1) is 0 Å². The number of primary amides is 1. The van der Waals surface area contributed by atoms with E-state index in [0.717, 1.165) is 16.1 Å². The molecule has 0 atom stereocenters. The normalized spacial score (nSPS) is 10.3. The molecule has 2 rings (SSSR count). The zero-order valence-corrected chi connectivity index (χ0v) is 13.6. The molecule has 0 spiro atoms. The summed E-state index contributed by atoms with van der Waals surface area (Å²) in [5.41, 5.74) is 7.17. The van der Waals surface area contributed by atoms with Gasteiger partial charge < -0.3 is 16.2 Å². The topological polar surface area (TPSA) is 75.4 Å². The monoisotopic (exact) mass is 366 g/mol. The van der Waals surface area contributed by atoms with Crippen molar-refractivity contribution in [3.8, 4) is 5.75 Å². The van der Waals surface area contributed by atoms with Crippen molar-refractivity contribution in [2.45, 2.75) is 11.4 Å². The number of halogens is 1. The molecule has 2 aromatic rings. The highest BCUT2D eigenvalue weighted by molar-refractivity contribution is 9.10. The van der Waals surface area contributed by atoms with Crippen LogP contribution in [0.3, 0.4) is 0 Å². The molecule has 21 heavy (non-hydrogen) atoms. The molecule has 0 fully saturated rings. The predicted octanol–water partition coefficient (Wildman–Crippen LogP) is 3.34. The average Bonchev–Trinajstić information content (AvgIpc) is 2.47. The van der Waals surface area contributed by atoms with E-state index in [2.05, 4.69) is 21.2 Å². The fourth-order valence-electron chi connectivity index (χ4n) is 1.75. The number of phenols is 1. The number of para-hydroxylation sites is 1. The fourth-order valence-corrected chi connectivity index (χ4v) is 2.94. The summed E-state index contributed by atoms with van der Waals surface area (Å²) in [6.07, 6.45) is 0. The van der Waals surface area contributed by atoms with Crippen molar-refractivity contribution in [2.75, 3.05) is 11.1 Å². The lowest BCUT2D eigenvalue weighted by Crippen LogP contribution is -2.13. The lowest BCUT2D eigenvalue weighted by atomic mass is 10.2. The number of amides is 1. The van der Waals surface area contributed by atoms with Gasteiger partial charge in [-0.05, 0) is 45.8 Å². The minimum atomic E-state index is -0.336. The van der Waals surface area contributed by atoms with Crippen molar-refractivity contribution in [3.05, 3.63) is 52.5 Å². The van der Waals surface area contributed by atoms with Crippen LogP contribution >= 0.6 is 27.7 Å². The maximum atomic E-state index is 10.9. The number of anilines is 1. The highest BCUT2D eigenvalue weighted by Crippen LogP contribution is 2.28. The van der Waals surface area contributed by atoms with E-state index in [1.54, 1.807) is 6.07 Å². The number of benzene rings is 2. The van der Waals surface area contributed by atoms with E-state index in [0.29, 0.717) is 11.0 Å². The summed E-state index contributed by atoms with van der Waals surface area (Å²) in [5.74, 6) is 0.136. The summed E-state index contributed by atoms with van der Waals surface area (Å²) in [7, 11) is 0. The van der Waals surface area contributed by atoms with Gasteiger partial charge in [-0.1, -0.05) is 18.2 Å². The lowest BCUT2D eigenvalue weighted by Gasteiger charge is -2.11. The number of hydrogen-bond donors (Lipinski definition) is 3. The quantitative estimate of drug-likeness (QED) is 0.685. The van der Waals surface area contributed by atoms with E-state index in [1.807, 2.05) is 36.4 Å².